The normalized spacial score (nSPS) is 34.0. The first-order valence-corrected chi connectivity index (χ1v) is 5.94. The van der Waals surface area contributed by atoms with Crippen molar-refractivity contribution in [1.82, 2.24) is 4.98 Å². The number of ether oxygens (including phenoxy) is 1. The van der Waals surface area contributed by atoms with Crippen molar-refractivity contribution < 1.29 is 9.13 Å². The Morgan fingerprint density at radius 3 is 2.89 bits per heavy atom. The van der Waals surface area contributed by atoms with E-state index in [2.05, 4.69) is 9.98 Å². The summed E-state index contributed by atoms with van der Waals surface area (Å²) in [6, 6.07) is 1.69. The van der Waals surface area contributed by atoms with Crippen LogP contribution in [-0.2, 0) is 10.3 Å². The quantitative estimate of drug-likeness (QED) is 0.732. The molecule has 1 aliphatic carbocycles. The molecule has 18 heavy (non-hydrogen) atoms. The second-order valence-corrected chi connectivity index (χ2v) is 5.04. The lowest BCUT2D eigenvalue weighted by molar-refractivity contribution is -0.0299. The molecule has 0 spiro atoms. The van der Waals surface area contributed by atoms with Crippen molar-refractivity contribution >= 4 is 11.7 Å². The first-order valence-electron chi connectivity index (χ1n) is 5.94. The summed E-state index contributed by atoms with van der Waals surface area (Å²) in [6.07, 6.45) is 3.18. The van der Waals surface area contributed by atoms with Crippen LogP contribution in [0.4, 0.5) is 10.1 Å². The molecule has 2 aliphatic rings. The lowest BCUT2D eigenvalue weighted by atomic mass is 9.66. The minimum Gasteiger partial charge on any atom is -0.462 e. The van der Waals surface area contributed by atoms with Gasteiger partial charge in [-0.2, -0.15) is 4.39 Å². The molecule has 1 saturated carbocycles. The Labute approximate surface area is 104 Å². The Bertz CT molecular complexity index is 533. The smallest absolute Gasteiger partial charge is 0.283 e. The first-order chi connectivity index (χ1) is 8.50. The zero-order chi connectivity index (χ0) is 12.9. The van der Waals surface area contributed by atoms with E-state index in [1.165, 1.54) is 6.20 Å². The zero-order valence-corrected chi connectivity index (χ0v) is 10.1. The topological polar surface area (TPSA) is 86.5 Å². The molecule has 0 bridgehead atoms. The summed E-state index contributed by atoms with van der Waals surface area (Å²) >= 11 is 0. The fourth-order valence-electron chi connectivity index (χ4n) is 2.83. The van der Waals surface area contributed by atoms with E-state index in [0.29, 0.717) is 11.3 Å². The highest BCUT2D eigenvalue weighted by atomic mass is 19.1. The Hall–Kier alpha value is -1.85. The van der Waals surface area contributed by atoms with Gasteiger partial charge < -0.3 is 16.2 Å². The molecule has 4 N–H and O–H groups in total. The van der Waals surface area contributed by atoms with Crippen molar-refractivity contribution in [3.8, 4) is 0 Å². The molecule has 1 aromatic heterocycles. The molecular weight excluding hydrogens is 235 g/mol. The number of amidine groups is 1. The van der Waals surface area contributed by atoms with E-state index in [1.807, 2.05) is 6.92 Å². The Morgan fingerprint density at radius 2 is 2.22 bits per heavy atom. The average Bonchev–Trinajstić information content (AvgIpc) is 2.26. The van der Waals surface area contributed by atoms with Gasteiger partial charge in [0.05, 0.1) is 17.4 Å². The molecule has 5 nitrogen and oxygen atoms in total. The van der Waals surface area contributed by atoms with Crippen molar-refractivity contribution in [3.63, 3.8) is 0 Å². The van der Waals surface area contributed by atoms with Crippen molar-refractivity contribution in [2.75, 3.05) is 5.73 Å². The number of nitrogens with two attached hydrogens (primary N) is 2. The molecule has 3 atom stereocenters. The van der Waals surface area contributed by atoms with Crippen LogP contribution in [0, 0.1) is 11.9 Å². The van der Waals surface area contributed by atoms with Gasteiger partial charge in [-0.3, -0.25) is 0 Å². The summed E-state index contributed by atoms with van der Waals surface area (Å²) in [5.74, 6) is -0.418. The van der Waals surface area contributed by atoms with Crippen LogP contribution in [0.3, 0.4) is 0 Å². The maximum absolute atomic E-state index is 13.9. The van der Waals surface area contributed by atoms with Gasteiger partial charge in [0.25, 0.3) is 6.02 Å². The molecule has 1 aromatic rings. The van der Waals surface area contributed by atoms with Crippen LogP contribution in [0.2, 0.25) is 0 Å². The molecule has 0 radical (unpaired) electrons. The average molecular weight is 250 g/mol. The lowest BCUT2D eigenvalue weighted by Crippen LogP contribution is -2.53. The first kappa shape index (κ1) is 11.3. The Balaban J connectivity index is 2.13. The summed E-state index contributed by atoms with van der Waals surface area (Å²) in [4.78, 5) is 7.97. The highest BCUT2D eigenvalue weighted by Crippen LogP contribution is 2.49. The second-order valence-electron chi connectivity index (χ2n) is 5.04. The van der Waals surface area contributed by atoms with E-state index < -0.39 is 11.5 Å². The summed E-state index contributed by atoms with van der Waals surface area (Å²) in [7, 11) is 0. The van der Waals surface area contributed by atoms with Gasteiger partial charge in [-0.05, 0) is 25.8 Å². The number of aromatic nitrogens is 1. The number of rotatable bonds is 1. The summed E-state index contributed by atoms with van der Waals surface area (Å²) < 4.78 is 19.4. The van der Waals surface area contributed by atoms with Crippen molar-refractivity contribution in [1.29, 1.82) is 0 Å². The van der Waals surface area contributed by atoms with Crippen LogP contribution >= 0.6 is 0 Å². The minimum atomic E-state index is -0.738. The highest BCUT2D eigenvalue weighted by Gasteiger charge is 2.51. The van der Waals surface area contributed by atoms with Crippen molar-refractivity contribution in [2.24, 2.45) is 16.6 Å². The fraction of sp³-hybridized carbons (Fsp3) is 0.500. The number of nitrogen functional groups attached to an aromatic ring is 1. The third kappa shape index (κ3) is 1.45. The fourth-order valence-corrected chi connectivity index (χ4v) is 2.83. The van der Waals surface area contributed by atoms with E-state index in [4.69, 9.17) is 16.2 Å². The number of nitrogens with zero attached hydrogens (tertiary/aromatic N) is 2. The number of hydrogen-bond donors (Lipinski definition) is 2. The number of pyridine rings is 1. The van der Waals surface area contributed by atoms with E-state index in [-0.39, 0.29) is 18.0 Å². The molecule has 0 aromatic carbocycles. The minimum absolute atomic E-state index is 0.0216. The molecule has 0 amide bonds. The third-order valence-electron chi connectivity index (χ3n) is 3.95. The summed E-state index contributed by atoms with van der Waals surface area (Å²) in [5, 5.41) is 0. The van der Waals surface area contributed by atoms with Gasteiger partial charge >= 0.3 is 0 Å². The SMILES string of the molecule is CC1(c2cc(N)cnc2F)N=C(N)OC2CCC21. The van der Waals surface area contributed by atoms with E-state index in [0.717, 1.165) is 12.8 Å². The van der Waals surface area contributed by atoms with Gasteiger partial charge in [0.2, 0.25) is 5.95 Å². The highest BCUT2D eigenvalue weighted by molar-refractivity contribution is 5.73. The van der Waals surface area contributed by atoms with E-state index in [1.54, 1.807) is 6.07 Å². The largest absolute Gasteiger partial charge is 0.462 e. The van der Waals surface area contributed by atoms with Crippen LogP contribution in [0.1, 0.15) is 25.3 Å². The number of anilines is 1. The lowest BCUT2D eigenvalue weighted by Gasteiger charge is -2.48. The molecule has 6 heteroatoms. The van der Waals surface area contributed by atoms with Crippen LogP contribution in [0.15, 0.2) is 17.3 Å². The summed E-state index contributed by atoms with van der Waals surface area (Å²) in [6.45, 7) is 1.86. The molecule has 3 unspecified atom stereocenters. The van der Waals surface area contributed by atoms with Crippen LogP contribution in [0.5, 0.6) is 0 Å². The van der Waals surface area contributed by atoms with E-state index in [9.17, 15) is 4.39 Å². The van der Waals surface area contributed by atoms with Gasteiger partial charge in [0, 0.05) is 11.5 Å². The molecule has 96 valence electrons. The van der Waals surface area contributed by atoms with Crippen LogP contribution in [0.25, 0.3) is 0 Å². The molecular formula is C12H15FN4O. The number of hydrogen-bond acceptors (Lipinski definition) is 5. The van der Waals surface area contributed by atoms with Crippen molar-refractivity contribution in [3.05, 3.63) is 23.8 Å². The molecule has 1 aliphatic heterocycles. The number of halogens is 1. The predicted octanol–water partition coefficient (Wildman–Crippen LogP) is 1.14. The summed E-state index contributed by atoms with van der Waals surface area (Å²) in [5.41, 5.74) is 11.4. The van der Waals surface area contributed by atoms with Gasteiger partial charge in [-0.15, -0.1) is 0 Å². The maximum Gasteiger partial charge on any atom is 0.283 e. The molecule has 1 fully saturated rings. The zero-order valence-electron chi connectivity index (χ0n) is 10.1. The number of fused-ring (bicyclic) bond motifs is 1. The van der Waals surface area contributed by atoms with Gasteiger partial charge in [0.15, 0.2) is 0 Å². The maximum atomic E-state index is 13.9. The van der Waals surface area contributed by atoms with E-state index >= 15 is 0 Å². The monoisotopic (exact) mass is 250 g/mol. The molecule has 0 saturated heterocycles. The molecule has 2 heterocycles. The second kappa shape index (κ2) is 3.57. The Kier molecular flexibility index (Phi) is 2.23. The van der Waals surface area contributed by atoms with Gasteiger partial charge in [-0.1, -0.05) is 0 Å². The predicted molar refractivity (Wildman–Crippen MR) is 65.2 cm³/mol. The third-order valence-corrected chi connectivity index (χ3v) is 3.95. The van der Waals surface area contributed by atoms with Crippen molar-refractivity contribution in [2.45, 2.75) is 31.4 Å². The Morgan fingerprint density at radius 1 is 1.44 bits per heavy atom. The van der Waals surface area contributed by atoms with Crippen LogP contribution in [-0.4, -0.2) is 17.1 Å². The number of aliphatic imine (C=N–C) groups is 1. The standard InChI is InChI=1S/C12H15FN4O/c1-12(8-4-6(14)5-16-10(8)13)7-2-3-9(7)18-11(15)17-12/h4-5,7,9H,2-3,14H2,1H3,(H2,15,17). The van der Waals surface area contributed by atoms with Crippen LogP contribution < -0.4 is 11.5 Å². The van der Waals surface area contributed by atoms with Gasteiger partial charge in [0.1, 0.15) is 6.10 Å². The molecule has 3 rings (SSSR count). The van der Waals surface area contributed by atoms with Gasteiger partial charge in [-0.25, -0.2) is 9.98 Å².